The minimum absolute atomic E-state index is 0.0380. The molecule has 0 radical (unpaired) electrons. The Morgan fingerprint density at radius 3 is 2.22 bits per heavy atom. The van der Waals surface area contributed by atoms with Crippen molar-refractivity contribution >= 4 is 0 Å². The molecule has 0 unspecified atom stereocenters. The van der Waals surface area contributed by atoms with Crippen LogP contribution in [0.1, 0.15) is 49.7 Å². The summed E-state index contributed by atoms with van der Waals surface area (Å²) >= 11 is 0. The van der Waals surface area contributed by atoms with Crippen molar-refractivity contribution in [3.8, 4) is 0 Å². The van der Waals surface area contributed by atoms with Gasteiger partial charge in [-0.15, -0.1) is 0 Å². The summed E-state index contributed by atoms with van der Waals surface area (Å²) in [6, 6.07) is 20.8. The Balaban J connectivity index is 1.95. The number of benzene rings is 2. The fourth-order valence-corrected chi connectivity index (χ4v) is 4.15. The van der Waals surface area contributed by atoms with Crippen LogP contribution in [0.5, 0.6) is 0 Å². The molecule has 0 aromatic heterocycles. The Morgan fingerprint density at radius 2 is 1.59 bits per heavy atom. The molecule has 1 heterocycles. The highest BCUT2D eigenvalue weighted by Crippen LogP contribution is 2.41. The number of morpholine rings is 1. The molecule has 0 saturated carbocycles. The van der Waals surface area contributed by atoms with Crippen molar-refractivity contribution in [2.75, 3.05) is 32.8 Å². The third-order valence-corrected chi connectivity index (χ3v) is 5.76. The van der Waals surface area contributed by atoms with Gasteiger partial charge in [0.05, 0.1) is 18.8 Å². The van der Waals surface area contributed by atoms with Gasteiger partial charge in [-0.05, 0) is 17.5 Å². The minimum Gasteiger partial charge on any atom is -0.384 e. The molecule has 1 fully saturated rings. The first-order valence-electron chi connectivity index (χ1n) is 10.4. The lowest BCUT2D eigenvalue weighted by molar-refractivity contribution is -0.0295. The van der Waals surface area contributed by atoms with Gasteiger partial charge in [-0.1, -0.05) is 86.8 Å². The van der Waals surface area contributed by atoms with E-state index in [1.165, 1.54) is 5.56 Å². The van der Waals surface area contributed by atoms with Crippen molar-refractivity contribution in [1.29, 1.82) is 0 Å². The summed E-state index contributed by atoms with van der Waals surface area (Å²) in [5.41, 5.74) is 1.38. The fourth-order valence-electron chi connectivity index (χ4n) is 4.15. The first-order chi connectivity index (χ1) is 13.2. The average Bonchev–Trinajstić information content (AvgIpc) is 2.74. The summed E-state index contributed by atoms with van der Waals surface area (Å²) in [5.74, 6) is 0.0380. The van der Waals surface area contributed by atoms with Gasteiger partial charge >= 0.3 is 0 Å². The summed E-state index contributed by atoms with van der Waals surface area (Å²) < 4.78 is 5.53. The van der Waals surface area contributed by atoms with Gasteiger partial charge < -0.3 is 9.84 Å². The second kappa shape index (κ2) is 10.0. The van der Waals surface area contributed by atoms with E-state index in [0.717, 1.165) is 64.1 Å². The standard InChI is InChI=1S/C24H33NO2/c1-2-3-10-15-24(26,22-13-8-5-9-14-22)23(21-11-6-4-7-12-21)20-25-16-18-27-19-17-25/h4-9,11-14,23,26H,2-3,10,15-20H2,1H3/t23-,24-/m0/s1. The average molecular weight is 368 g/mol. The van der Waals surface area contributed by atoms with Crippen molar-refractivity contribution in [2.45, 2.75) is 44.1 Å². The molecule has 3 heteroatoms. The number of ether oxygens (including phenoxy) is 1. The number of hydrogen-bond donors (Lipinski definition) is 1. The van der Waals surface area contributed by atoms with Crippen LogP contribution < -0.4 is 0 Å². The number of unbranched alkanes of at least 4 members (excludes halogenated alkanes) is 2. The van der Waals surface area contributed by atoms with Gasteiger partial charge in [0.2, 0.25) is 0 Å². The number of nitrogens with zero attached hydrogens (tertiary/aromatic N) is 1. The van der Waals surface area contributed by atoms with E-state index in [1.807, 2.05) is 24.3 Å². The Morgan fingerprint density at radius 1 is 0.963 bits per heavy atom. The molecule has 1 N–H and O–H groups in total. The lowest BCUT2D eigenvalue weighted by Gasteiger charge is -2.41. The van der Waals surface area contributed by atoms with Crippen molar-refractivity contribution < 1.29 is 9.84 Å². The van der Waals surface area contributed by atoms with Crippen LogP contribution in [-0.2, 0) is 10.3 Å². The Labute approximate surface area is 164 Å². The molecule has 1 aliphatic rings. The molecule has 1 aliphatic heterocycles. The van der Waals surface area contributed by atoms with Crippen LogP contribution in [0.2, 0.25) is 0 Å². The van der Waals surface area contributed by atoms with Crippen LogP contribution in [0.15, 0.2) is 60.7 Å². The molecule has 3 rings (SSSR count). The van der Waals surface area contributed by atoms with Crippen molar-refractivity contribution in [2.24, 2.45) is 0 Å². The molecule has 27 heavy (non-hydrogen) atoms. The minimum atomic E-state index is -0.865. The highest BCUT2D eigenvalue weighted by Gasteiger charge is 2.39. The normalized spacial score (nSPS) is 18.7. The predicted molar refractivity (Wildman–Crippen MR) is 111 cm³/mol. The largest absolute Gasteiger partial charge is 0.384 e. The van der Waals surface area contributed by atoms with Crippen LogP contribution in [-0.4, -0.2) is 42.9 Å². The van der Waals surface area contributed by atoms with E-state index in [9.17, 15) is 5.11 Å². The predicted octanol–water partition coefficient (Wildman–Crippen LogP) is 4.57. The van der Waals surface area contributed by atoms with Gasteiger partial charge in [-0.2, -0.15) is 0 Å². The molecule has 0 bridgehead atoms. The molecule has 2 aromatic carbocycles. The van der Waals surface area contributed by atoms with Gasteiger partial charge in [0.25, 0.3) is 0 Å². The SMILES string of the molecule is CCCCC[C@](O)(c1ccccc1)[C@@H](CN1CCOCC1)c1ccccc1. The zero-order valence-corrected chi connectivity index (χ0v) is 16.5. The second-order valence-electron chi connectivity index (χ2n) is 7.62. The van der Waals surface area contributed by atoms with Crippen LogP contribution in [0.3, 0.4) is 0 Å². The molecule has 0 aliphatic carbocycles. The van der Waals surface area contributed by atoms with E-state index < -0.39 is 5.60 Å². The van der Waals surface area contributed by atoms with Crippen molar-refractivity contribution in [3.05, 3.63) is 71.8 Å². The van der Waals surface area contributed by atoms with Crippen molar-refractivity contribution in [3.63, 3.8) is 0 Å². The van der Waals surface area contributed by atoms with Crippen LogP contribution in [0.4, 0.5) is 0 Å². The van der Waals surface area contributed by atoms with Crippen LogP contribution in [0, 0.1) is 0 Å². The Bertz CT molecular complexity index is 655. The summed E-state index contributed by atoms with van der Waals surface area (Å²) in [5, 5.41) is 12.1. The van der Waals surface area contributed by atoms with E-state index in [2.05, 4.69) is 48.2 Å². The molecular formula is C24H33NO2. The summed E-state index contributed by atoms with van der Waals surface area (Å²) in [6.45, 7) is 6.49. The third-order valence-electron chi connectivity index (χ3n) is 5.76. The fraction of sp³-hybridized carbons (Fsp3) is 0.500. The molecule has 2 atom stereocenters. The maximum absolute atomic E-state index is 12.1. The number of rotatable bonds is 9. The van der Waals surface area contributed by atoms with E-state index >= 15 is 0 Å². The summed E-state index contributed by atoms with van der Waals surface area (Å²) in [7, 11) is 0. The molecule has 3 nitrogen and oxygen atoms in total. The zero-order chi connectivity index (χ0) is 19.0. The Hall–Kier alpha value is -1.68. The summed E-state index contributed by atoms with van der Waals surface area (Å²) in [6.07, 6.45) is 4.13. The maximum Gasteiger partial charge on any atom is 0.0977 e. The van der Waals surface area contributed by atoms with Crippen LogP contribution in [0.25, 0.3) is 0 Å². The number of hydrogen-bond acceptors (Lipinski definition) is 3. The van der Waals surface area contributed by atoms with Gasteiger partial charge in [0.15, 0.2) is 0 Å². The first kappa shape index (κ1) is 20.1. The zero-order valence-electron chi connectivity index (χ0n) is 16.5. The topological polar surface area (TPSA) is 32.7 Å². The molecule has 2 aromatic rings. The van der Waals surface area contributed by atoms with E-state index in [-0.39, 0.29) is 5.92 Å². The molecule has 146 valence electrons. The van der Waals surface area contributed by atoms with Crippen LogP contribution >= 0.6 is 0 Å². The molecule has 0 amide bonds. The lowest BCUT2D eigenvalue weighted by atomic mass is 9.74. The highest BCUT2D eigenvalue weighted by atomic mass is 16.5. The molecular weight excluding hydrogens is 334 g/mol. The third kappa shape index (κ3) is 5.19. The maximum atomic E-state index is 12.1. The van der Waals surface area contributed by atoms with Gasteiger partial charge in [0.1, 0.15) is 0 Å². The molecule has 0 spiro atoms. The first-order valence-corrected chi connectivity index (χ1v) is 10.4. The van der Waals surface area contributed by atoms with E-state index in [0.29, 0.717) is 0 Å². The highest BCUT2D eigenvalue weighted by molar-refractivity contribution is 5.31. The molecule has 1 saturated heterocycles. The van der Waals surface area contributed by atoms with Gasteiger partial charge in [-0.3, -0.25) is 4.90 Å². The quantitative estimate of drug-likeness (QED) is 0.659. The van der Waals surface area contributed by atoms with Gasteiger partial charge in [-0.25, -0.2) is 0 Å². The van der Waals surface area contributed by atoms with Crippen molar-refractivity contribution in [1.82, 2.24) is 4.90 Å². The monoisotopic (exact) mass is 367 g/mol. The summed E-state index contributed by atoms with van der Waals surface area (Å²) in [4.78, 5) is 2.44. The van der Waals surface area contributed by atoms with E-state index in [1.54, 1.807) is 0 Å². The van der Waals surface area contributed by atoms with E-state index in [4.69, 9.17) is 4.74 Å². The van der Waals surface area contributed by atoms with Gasteiger partial charge in [0, 0.05) is 25.6 Å². The lowest BCUT2D eigenvalue weighted by Crippen LogP contribution is -2.45. The Kier molecular flexibility index (Phi) is 7.45. The second-order valence-corrected chi connectivity index (χ2v) is 7.62. The smallest absolute Gasteiger partial charge is 0.0977 e. The number of aliphatic hydroxyl groups is 1.